The number of ether oxygens (including phenoxy) is 1. The molecule has 1 aliphatic heterocycles. The Bertz CT molecular complexity index is 852. The van der Waals surface area contributed by atoms with E-state index in [4.69, 9.17) is 10.5 Å². The van der Waals surface area contributed by atoms with E-state index in [0.29, 0.717) is 13.0 Å². The van der Waals surface area contributed by atoms with E-state index in [0.717, 1.165) is 15.9 Å². The molecule has 2 heterocycles. The number of nitrogens with zero attached hydrogens (tertiary/aromatic N) is 3. The number of nitrogens with one attached hydrogen (secondary N) is 1. The summed E-state index contributed by atoms with van der Waals surface area (Å²) < 4.78 is 47.2. The van der Waals surface area contributed by atoms with Gasteiger partial charge in [-0.05, 0) is 6.07 Å². The van der Waals surface area contributed by atoms with Crippen LogP contribution in [-0.4, -0.2) is 39.9 Å². The lowest BCUT2D eigenvalue weighted by Gasteiger charge is -2.29. The van der Waals surface area contributed by atoms with Crippen molar-refractivity contribution in [3.05, 3.63) is 48.0 Å². The molecule has 2 atom stereocenters. The highest BCUT2D eigenvalue weighted by atomic mass is 19.4. The van der Waals surface area contributed by atoms with Crippen LogP contribution in [-0.2, 0) is 12.6 Å². The average molecular weight is 397 g/mol. The highest BCUT2D eigenvalue weighted by Crippen LogP contribution is 2.40. The van der Waals surface area contributed by atoms with Gasteiger partial charge in [-0.25, -0.2) is 4.98 Å². The lowest BCUT2D eigenvalue weighted by atomic mass is 9.98. The number of fused-ring (bicyclic) bond motifs is 1. The Labute approximate surface area is 160 Å². The van der Waals surface area contributed by atoms with Crippen molar-refractivity contribution >= 4 is 5.96 Å². The number of nitrogens with two attached hydrogens (primary N) is 1. The minimum atomic E-state index is -4.90. The van der Waals surface area contributed by atoms with Gasteiger partial charge < -0.3 is 25.5 Å². The second kappa shape index (κ2) is 7.70. The summed E-state index contributed by atoms with van der Waals surface area (Å²) in [7, 11) is 1.39. The summed E-state index contributed by atoms with van der Waals surface area (Å²) >= 11 is 0. The van der Waals surface area contributed by atoms with Crippen molar-refractivity contribution in [3.63, 3.8) is 0 Å². The highest BCUT2D eigenvalue weighted by Gasteiger charge is 2.57. The quantitative estimate of drug-likeness (QED) is 0.530. The molecule has 0 amide bonds. The molecule has 1 aromatic carbocycles. The van der Waals surface area contributed by atoms with Gasteiger partial charge in [0.2, 0.25) is 5.60 Å². The van der Waals surface area contributed by atoms with E-state index in [1.54, 1.807) is 0 Å². The molecule has 4 N–H and O–H groups in total. The number of para-hydroxylation sites is 1. The summed E-state index contributed by atoms with van der Waals surface area (Å²) in [5, 5.41) is 13.3. The van der Waals surface area contributed by atoms with Gasteiger partial charge in [0.15, 0.2) is 5.96 Å². The summed E-state index contributed by atoms with van der Waals surface area (Å²) in [5.41, 5.74) is 3.66. The van der Waals surface area contributed by atoms with E-state index in [1.807, 2.05) is 24.3 Å². The average Bonchev–Trinajstić information content (AvgIpc) is 3.07. The number of aliphatic imine (C=N–C) groups is 1. The Morgan fingerprint density at radius 1 is 1.43 bits per heavy atom. The van der Waals surface area contributed by atoms with Crippen LogP contribution in [0.2, 0.25) is 0 Å². The standard InChI is InChI=1S/C18H22F3N5O2/c1-26-10-9-23-15(26)17(27,18(19,20)21)7-8-24-16(22)25-13-6-11-28-14-5-3-2-4-12(13)14/h2-5,9-10,13,27H,6-8,11H2,1H3,(H3,22,24,25). The molecule has 1 aromatic heterocycles. The number of alkyl halides is 3. The van der Waals surface area contributed by atoms with E-state index in [1.165, 1.54) is 19.4 Å². The molecule has 10 heteroatoms. The van der Waals surface area contributed by atoms with Gasteiger partial charge in [0.25, 0.3) is 0 Å². The first kappa shape index (κ1) is 20.0. The Morgan fingerprint density at radius 3 is 2.86 bits per heavy atom. The number of hydrogen-bond donors (Lipinski definition) is 3. The number of guanidine groups is 1. The highest BCUT2D eigenvalue weighted by molar-refractivity contribution is 5.78. The fraction of sp³-hybridized carbons (Fsp3) is 0.444. The molecule has 7 nitrogen and oxygen atoms in total. The van der Waals surface area contributed by atoms with Crippen LogP contribution in [0.15, 0.2) is 41.7 Å². The Morgan fingerprint density at radius 2 is 2.18 bits per heavy atom. The predicted molar refractivity (Wildman–Crippen MR) is 96.7 cm³/mol. The topological polar surface area (TPSA) is 97.7 Å². The van der Waals surface area contributed by atoms with Crippen molar-refractivity contribution in [2.24, 2.45) is 17.8 Å². The zero-order valence-electron chi connectivity index (χ0n) is 15.3. The van der Waals surface area contributed by atoms with Crippen LogP contribution < -0.4 is 15.8 Å². The van der Waals surface area contributed by atoms with Crippen molar-refractivity contribution < 1.29 is 23.0 Å². The SMILES string of the molecule is Cn1ccnc1C(O)(CCN=C(N)NC1CCOc2ccccc21)C(F)(F)F. The molecule has 0 bridgehead atoms. The molecule has 1 aliphatic rings. The Kier molecular flexibility index (Phi) is 5.50. The van der Waals surface area contributed by atoms with E-state index in [2.05, 4.69) is 15.3 Å². The first-order chi connectivity index (χ1) is 13.2. The third-order valence-electron chi connectivity index (χ3n) is 4.70. The molecule has 152 valence electrons. The fourth-order valence-electron chi connectivity index (χ4n) is 3.20. The Hall–Kier alpha value is -2.75. The van der Waals surface area contributed by atoms with Crippen LogP contribution in [0, 0.1) is 0 Å². The van der Waals surface area contributed by atoms with Crippen LogP contribution in [0.3, 0.4) is 0 Å². The zero-order valence-corrected chi connectivity index (χ0v) is 15.3. The summed E-state index contributed by atoms with van der Waals surface area (Å²) in [6.07, 6.45) is -2.41. The van der Waals surface area contributed by atoms with E-state index >= 15 is 0 Å². The number of aromatic nitrogens is 2. The molecular weight excluding hydrogens is 375 g/mol. The van der Waals surface area contributed by atoms with E-state index in [9.17, 15) is 18.3 Å². The van der Waals surface area contributed by atoms with Gasteiger partial charge in [0.1, 0.15) is 11.6 Å². The van der Waals surface area contributed by atoms with E-state index in [-0.39, 0.29) is 18.5 Å². The maximum Gasteiger partial charge on any atom is 0.424 e. The first-order valence-electron chi connectivity index (χ1n) is 8.77. The third kappa shape index (κ3) is 3.91. The molecule has 2 unspecified atom stereocenters. The third-order valence-corrected chi connectivity index (χ3v) is 4.70. The van der Waals surface area contributed by atoms with Crippen molar-refractivity contribution in [2.75, 3.05) is 13.2 Å². The molecule has 0 aliphatic carbocycles. The second-order valence-electron chi connectivity index (χ2n) is 6.61. The molecule has 2 aromatic rings. The van der Waals surface area contributed by atoms with Gasteiger partial charge in [-0.1, -0.05) is 18.2 Å². The van der Waals surface area contributed by atoms with Gasteiger partial charge in [-0.2, -0.15) is 13.2 Å². The number of hydrogen-bond acceptors (Lipinski definition) is 4. The smallest absolute Gasteiger partial charge is 0.424 e. The fourth-order valence-corrected chi connectivity index (χ4v) is 3.20. The first-order valence-corrected chi connectivity index (χ1v) is 8.77. The van der Waals surface area contributed by atoms with Crippen LogP contribution in [0.1, 0.15) is 30.3 Å². The molecule has 0 saturated carbocycles. The number of aliphatic hydroxyl groups is 1. The summed E-state index contributed by atoms with van der Waals surface area (Å²) in [6.45, 7) is 0.168. The van der Waals surface area contributed by atoms with Gasteiger partial charge in [-0.15, -0.1) is 0 Å². The Balaban J connectivity index is 1.69. The van der Waals surface area contributed by atoms with Crippen LogP contribution in [0.5, 0.6) is 5.75 Å². The summed E-state index contributed by atoms with van der Waals surface area (Å²) in [4.78, 5) is 7.63. The number of benzene rings is 1. The van der Waals surface area contributed by atoms with Crippen molar-refractivity contribution in [1.82, 2.24) is 14.9 Å². The lowest BCUT2D eigenvalue weighted by Crippen LogP contribution is -2.45. The van der Waals surface area contributed by atoms with E-state index < -0.39 is 24.0 Å². The van der Waals surface area contributed by atoms with Crippen molar-refractivity contribution in [3.8, 4) is 5.75 Å². The summed E-state index contributed by atoms with van der Waals surface area (Å²) in [6, 6.07) is 7.31. The molecule has 0 saturated heterocycles. The molecule has 28 heavy (non-hydrogen) atoms. The number of aryl methyl sites for hydroxylation is 1. The summed E-state index contributed by atoms with van der Waals surface area (Å²) in [5.74, 6) is 0.256. The number of halogens is 3. The second-order valence-corrected chi connectivity index (χ2v) is 6.61. The van der Waals surface area contributed by atoms with Crippen LogP contribution in [0.4, 0.5) is 13.2 Å². The minimum absolute atomic E-state index is 0.00562. The number of rotatable bonds is 5. The molecular formula is C18H22F3N5O2. The van der Waals surface area contributed by atoms with Gasteiger partial charge in [-0.3, -0.25) is 4.99 Å². The monoisotopic (exact) mass is 397 g/mol. The molecule has 3 rings (SSSR count). The largest absolute Gasteiger partial charge is 0.493 e. The maximum absolute atomic E-state index is 13.5. The van der Waals surface area contributed by atoms with Crippen molar-refractivity contribution in [1.29, 1.82) is 0 Å². The predicted octanol–water partition coefficient (Wildman–Crippen LogP) is 1.99. The lowest BCUT2D eigenvalue weighted by molar-refractivity contribution is -0.272. The normalized spacial score (nSPS) is 19.5. The minimum Gasteiger partial charge on any atom is -0.493 e. The molecule has 0 fully saturated rings. The number of imidazole rings is 1. The van der Waals surface area contributed by atoms with Crippen LogP contribution >= 0.6 is 0 Å². The van der Waals surface area contributed by atoms with Crippen LogP contribution in [0.25, 0.3) is 0 Å². The zero-order chi connectivity index (χ0) is 20.4. The van der Waals surface area contributed by atoms with Crippen molar-refractivity contribution in [2.45, 2.75) is 30.7 Å². The van der Waals surface area contributed by atoms with Gasteiger partial charge in [0, 0.05) is 44.4 Å². The molecule has 0 radical (unpaired) electrons. The van der Waals surface area contributed by atoms with Gasteiger partial charge in [0.05, 0.1) is 12.6 Å². The maximum atomic E-state index is 13.5. The van der Waals surface area contributed by atoms with Gasteiger partial charge >= 0.3 is 6.18 Å². The molecule has 0 spiro atoms.